The normalized spacial score (nSPS) is 15.4. The predicted molar refractivity (Wildman–Crippen MR) is 134 cm³/mol. The van der Waals surface area contributed by atoms with Crippen molar-refractivity contribution >= 4 is 29.3 Å². The Morgan fingerprint density at radius 1 is 1.06 bits per heavy atom. The van der Waals surface area contributed by atoms with Gasteiger partial charge < -0.3 is 14.8 Å². The third-order valence-corrected chi connectivity index (χ3v) is 6.32. The second-order valence-corrected chi connectivity index (χ2v) is 8.41. The summed E-state index contributed by atoms with van der Waals surface area (Å²) in [5.74, 6) is 0.956. The molecule has 1 aromatic carbocycles. The molecule has 0 bridgehead atoms. The van der Waals surface area contributed by atoms with Gasteiger partial charge in [0.1, 0.15) is 11.5 Å². The lowest BCUT2D eigenvalue weighted by molar-refractivity contribution is 0.215. The number of fused-ring (bicyclic) bond motifs is 1. The molecular weight excluding hydrogens is 412 g/mol. The van der Waals surface area contributed by atoms with E-state index in [1.165, 1.54) is 0 Å². The lowest BCUT2D eigenvalue weighted by Gasteiger charge is -2.35. The van der Waals surface area contributed by atoms with Crippen LogP contribution in [-0.4, -0.2) is 82.4 Å². The summed E-state index contributed by atoms with van der Waals surface area (Å²) in [6.45, 7) is 7.70. The maximum Gasteiger partial charge on any atom is 0.138 e. The second kappa shape index (κ2) is 8.63. The molecule has 0 unspecified atom stereocenters. The molecule has 0 amide bonds. The number of pyridine rings is 1. The summed E-state index contributed by atoms with van der Waals surface area (Å²) in [6.07, 6.45) is 7.76. The monoisotopic (exact) mass is 440 g/mol. The summed E-state index contributed by atoms with van der Waals surface area (Å²) in [5.41, 5.74) is 7.00. The van der Waals surface area contributed by atoms with Crippen molar-refractivity contribution in [1.82, 2.24) is 29.5 Å². The fourth-order valence-corrected chi connectivity index (χ4v) is 4.56. The lowest BCUT2D eigenvalue weighted by atomic mass is 9.97. The molecule has 5 rings (SSSR count). The summed E-state index contributed by atoms with van der Waals surface area (Å²) in [4.78, 5) is 21.6. The number of piperazine rings is 1. The number of aromatic amines is 1. The van der Waals surface area contributed by atoms with Crippen LogP contribution in [0.15, 0.2) is 59.0 Å². The standard InChI is InChI=1S/C25H28N8/c1-26-22-6-5-17(13-20(22)25(27-2)33-11-9-31(3)10-12-33)21-15-29-24-23(21)19(7-8-28-24)18-14-30-32(4)16-18/h5-8,13-16H,1,9-12H2,2-4H3,(H,28,29)/b27-25+. The number of rotatable bonds is 4. The number of aliphatic imine (C=N–C) groups is 2. The van der Waals surface area contributed by atoms with Gasteiger partial charge in [-0.15, -0.1) is 0 Å². The smallest absolute Gasteiger partial charge is 0.138 e. The number of hydrogen-bond donors (Lipinski definition) is 1. The van der Waals surface area contributed by atoms with Gasteiger partial charge in [0, 0.05) is 80.9 Å². The molecule has 3 aromatic heterocycles. The van der Waals surface area contributed by atoms with Gasteiger partial charge in [-0.3, -0.25) is 14.7 Å². The van der Waals surface area contributed by atoms with E-state index in [2.05, 4.69) is 60.7 Å². The van der Waals surface area contributed by atoms with Crippen LogP contribution in [0.2, 0.25) is 0 Å². The number of hydrogen-bond acceptors (Lipinski definition) is 5. The van der Waals surface area contributed by atoms with E-state index in [-0.39, 0.29) is 0 Å². The first kappa shape index (κ1) is 21.1. The van der Waals surface area contributed by atoms with Crippen LogP contribution in [0, 0.1) is 0 Å². The molecule has 0 saturated carbocycles. The maximum atomic E-state index is 4.67. The SMILES string of the molecule is C=Nc1ccc(-c2c[nH]c3nccc(-c4cnn(C)c4)c23)cc1/C(=N\C)N1CCN(C)CC1. The Labute approximate surface area is 193 Å². The zero-order valence-electron chi connectivity index (χ0n) is 19.3. The Morgan fingerprint density at radius 2 is 1.88 bits per heavy atom. The van der Waals surface area contributed by atoms with Crippen molar-refractivity contribution in [2.75, 3.05) is 40.3 Å². The van der Waals surface area contributed by atoms with E-state index >= 15 is 0 Å². The molecule has 0 atom stereocenters. The summed E-state index contributed by atoms with van der Waals surface area (Å²) >= 11 is 0. The molecule has 1 aliphatic rings. The minimum atomic E-state index is 0.837. The van der Waals surface area contributed by atoms with E-state index in [0.29, 0.717) is 0 Å². The number of likely N-dealkylation sites (N-methyl/N-ethyl adjacent to an activating group) is 1. The van der Waals surface area contributed by atoms with E-state index < -0.39 is 0 Å². The minimum absolute atomic E-state index is 0.837. The quantitative estimate of drug-likeness (QED) is 0.389. The second-order valence-electron chi connectivity index (χ2n) is 8.41. The van der Waals surface area contributed by atoms with Gasteiger partial charge in [-0.25, -0.2) is 4.98 Å². The van der Waals surface area contributed by atoms with Crippen molar-refractivity contribution in [2.24, 2.45) is 17.0 Å². The van der Waals surface area contributed by atoms with Crippen molar-refractivity contribution < 1.29 is 0 Å². The molecule has 0 aliphatic carbocycles. The van der Waals surface area contributed by atoms with Gasteiger partial charge >= 0.3 is 0 Å². The first-order valence-electron chi connectivity index (χ1n) is 11.1. The fraction of sp³-hybridized carbons (Fsp3) is 0.280. The zero-order chi connectivity index (χ0) is 22.9. The van der Waals surface area contributed by atoms with Gasteiger partial charge in [-0.2, -0.15) is 5.10 Å². The third-order valence-electron chi connectivity index (χ3n) is 6.32. The van der Waals surface area contributed by atoms with Gasteiger partial charge in [0.25, 0.3) is 0 Å². The number of nitrogens with zero attached hydrogens (tertiary/aromatic N) is 7. The number of aromatic nitrogens is 4. The van der Waals surface area contributed by atoms with Crippen LogP contribution in [0.4, 0.5) is 5.69 Å². The number of amidine groups is 1. The molecule has 4 heterocycles. The summed E-state index contributed by atoms with van der Waals surface area (Å²) < 4.78 is 1.82. The van der Waals surface area contributed by atoms with E-state index in [0.717, 1.165) is 76.6 Å². The van der Waals surface area contributed by atoms with Gasteiger partial charge in [-0.05, 0) is 43.1 Å². The third kappa shape index (κ3) is 3.82. The van der Waals surface area contributed by atoms with E-state index in [1.54, 1.807) is 0 Å². The Bertz CT molecular complexity index is 1340. The van der Waals surface area contributed by atoms with Crippen LogP contribution in [0.5, 0.6) is 0 Å². The number of nitrogens with one attached hydrogen (secondary N) is 1. The predicted octanol–water partition coefficient (Wildman–Crippen LogP) is 3.59. The molecule has 8 nitrogen and oxygen atoms in total. The van der Waals surface area contributed by atoms with Crippen molar-refractivity contribution in [3.63, 3.8) is 0 Å². The van der Waals surface area contributed by atoms with Crippen LogP contribution in [-0.2, 0) is 7.05 Å². The summed E-state index contributed by atoms with van der Waals surface area (Å²) in [5, 5.41) is 5.43. The van der Waals surface area contributed by atoms with Crippen LogP contribution in [0.1, 0.15) is 5.56 Å². The van der Waals surface area contributed by atoms with Crippen molar-refractivity contribution in [2.45, 2.75) is 0 Å². The van der Waals surface area contributed by atoms with Gasteiger partial charge in [-0.1, -0.05) is 6.07 Å². The molecule has 33 heavy (non-hydrogen) atoms. The maximum absolute atomic E-state index is 4.67. The molecule has 4 aromatic rings. The van der Waals surface area contributed by atoms with E-state index in [4.69, 9.17) is 0 Å². The van der Waals surface area contributed by atoms with Crippen LogP contribution in [0.3, 0.4) is 0 Å². The molecule has 1 N–H and O–H groups in total. The highest BCUT2D eigenvalue weighted by Gasteiger charge is 2.22. The lowest BCUT2D eigenvalue weighted by Crippen LogP contribution is -2.47. The molecule has 0 radical (unpaired) electrons. The van der Waals surface area contributed by atoms with Gasteiger partial charge in [0.15, 0.2) is 0 Å². The minimum Gasteiger partial charge on any atom is -0.354 e. The van der Waals surface area contributed by atoms with Gasteiger partial charge in [0.05, 0.1) is 11.9 Å². The van der Waals surface area contributed by atoms with Crippen LogP contribution >= 0.6 is 0 Å². The summed E-state index contributed by atoms with van der Waals surface area (Å²) in [7, 11) is 5.93. The first-order valence-corrected chi connectivity index (χ1v) is 11.1. The van der Waals surface area contributed by atoms with E-state index in [9.17, 15) is 0 Å². The Hall–Kier alpha value is -3.78. The molecule has 1 saturated heterocycles. The first-order chi connectivity index (χ1) is 16.1. The van der Waals surface area contributed by atoms with Crippen molar-refractivity contribution in [3.8, 4) is 22.3 Å². The molecule has 0 spiro atoms. The number of aryl methyl sites for hydroxylation is 1. The highest BCUT2D eigenvalue weighted by molar-refractivity contribution is 6.07. The molecule has 1 fully saturated rings. The highest BCUT2D eigenvalue weighted by atomic mass is 15.3. The largest absolute Gasteiger partial charge is 0.354 e. The molecule has 1 aliphatic heterocycles. The fourth-order valence-electron chi connectivity index (χ4n) is 4.56. The number of benzene rings is 1. The molecule has 8 heteroatoms. The number of H-pyrrole nitrogens is 1. The highest BCUT2D eigenvalue weighted by Crippen LogP contribution is 2.37. The van der Waals surface area contributed by atoms with Gasteiger partial charge in [0.2, 0.25) is 0 Å². The van der Waals surface area contributed by atoms with E-state index in [1.807, 2.05) is 55.7 Å². The van der Waals surface area contributed by atoms with Crippen molar-refractivity contribution in [3.05, 3.63) is 54.6 Å². The summed E-state index contributed by atoms with van der Waals surface area (Å²) in [6, 6.07) is 8.33. The average Bonchev–Trinajstić information content (AvgIpc) is 3.47. The molecule has 168 valence electrons. The topological polar surface area (TPSA) is 77.7 Å². The molecular formula is C25H28N8. The van der Waals surface area contributed by atoms with Crippen LogP contribution in [0.25, 0.3) is 33.3 Å². The van der Waals surface area contributed by atoms with Crippen LogP contribution < -0.4 is 0 Å². The van der Waals surface area contributed by atoms with Crippen molar-refractivity contribution in [1.29, 1.82) is 0 Å². The Balaban J connectivity index is 1.63. The zero-order valence-corrected chi connectivity index (χ0v) is 19.3. The Kier molecular flexibility index (Phi) is 5.51. The average molecular weight is 441 g/mol. The Morgan fingerprint density at radius 3 is 2.58 bits per heavy atom.